The van der Waals surface area contributed by atoms with Crippen LogP contribution >= 0.6 is 11.3 Å². The first kappa shape index (κ1) is 22.9. The van der Waals surface area contributed by atoms with Gasteiger partial charge in [-0.2, -0.15) is 5.26 Å². The summed E-state index contributed by atoms with van der Waals surface area (Å²) in [6, 6.07) is 14.2. The standard InChI is InChI=1S/C26H24N4O4S/c1-2-28-25(33)29-23-22(17-5-3-4-6-21(17)35-23)24(32)30-11-9-26(10-12-30)14-19(31)18-13-16(15-27)7-8-20(18)34-26/h3-8,13H,2,9-12,14H2,1H3,(H2,28,29,33). The predicted molar refractivity (Wildman–Crippen MR) is 133 cm³/mol. The molecule has 1 saturated heterocycles. The number of nitriles is 1. The van der Waals surface area contributed by atoms with E-state index in [9.17, 15) is 14.4 Å². The van der Waals surface area contributed by atoms with Gasteiger partial charge in [-0.05, 0) is 31.2 Å². The number of amides is 3. The number of carbonyl (C=O) groups is 3. The molecular formula is C26H24N4O4S. The van der Waals surface area contributed by atoms with Crippen LogP contribution in [0, 0.1) is 11.3 Å². The Balaban J connectivity index is 1.37. The fraction of sp³-hybridized carbons (Fsp3) is 0.308. The monoisotopic (exact) mass is 488 g/mol. The van der Waals surface area contributed by atoms with Crippen LogP contribution in [-0.4, -0.2) is 47.9 Å². The maximum atomic E-state index is 13.7. The minimum Gasteiger partial charge on any atom is -0.486 e. The molecule has 0 bridgehead atoms. The number of ketones is 1. The van der Waals surface area contributed by atoms with Gasteiger partial charge in [0.25, 0.3) is 5.91 Å². The molecule has 2 aliphatic heterocycles. The van der Waals surface area contributed by atoms with Crippen molar-refractivity contribution >= 4 is 44.1 Å². The fourth-order valence-corrected chi connectivity index (χ4v) is 5.86. The number of thiophene rings is 1. The minimum absolute atomic E-state index is 0.0413. The van der Waals surface area contributed by atoms with Crippen molar-refractivity contribution in [2.45, 2.75) is 31.8 Å². The van der Waals surface area contributed by atoms with Gasteiger partial charge >= 0.3 is 6.03 Å². The number of nitrogens with one attached hydrogen (secondary N) is 2. The number of benzene rings is 2. The van der Waals surface area contributed by atoms with Crippen LogP contribution in [0.15, 0.2) is 42.5 Å². The first-order chi connectivity index (χ1) is 16.9. The quantitative estimate of drug-likeness (QED) is 0.562. The van der Waals surface area contributed by atoms with Crippen molar-refractivity contribution in [3.05, 3.63) is 59.2 Å². The number of hydrogen-bond acceptors (Lipinski definition) is 6. The molecule has 0 unspecified atom stereocenters. The van der Waals surface area contributed by atoms with Crippen molar-refractivity contribution in [2.24, 2.45) is 0 Å². The Morgan fingerprint density at radius 2 is 1.97 bits per heavy atom. The molecule has 5 rings (SSSR count). The largest absolute Gasteiger partial charge is 0.486 e. The topological polar surface area (TPSA) is 112 Å². The first-order valence-electron chi connectivity index (χ1n) is 11.5. The van der Waals surface area contributed by atoms with Crippen LogP contribution in [0.5, 0.6) is 5.75 Å². The van der Waals surface area contributed by atoms with Gasteiger partial charge in [0, 0.05) is 42.6 Å². The van der Waals surface area contributed by atoms with E-state index >= 15 is 0 Å². The summed E-state index contributed by atoms with van der Waals surface area (Å²) in [5.41, 5.74) is 0.701. The smallest absolute Gasteiger partial charge is 0.319 e. The van der Waals surface area contributed by atoms with Gasteiger partial charge in [-0.15, -0.1) is 11.3 Å². The molecule has 2 N–H and O–H groups in total. The average Bonchev–Trinajstić information content (AvgIpc) is 3.21. The molecule has 178 valence electrons. The van der Waals surface area contributed by atoms with E-state index in [0.717, 1.165) is 10.1 Å². The summed E-state index contributed by atoms with van der Waals surface area (Å²) in [7, 11) is 0. The molecule has 1 aromatic heterocycles. The Morgan fingerprint density at radius 1 is 1.20 bits per heavy atom. The van der Waals surface area contributed by atoms with Crippen LogP contribution < -0.4 is 15.4 Å². The van der Waals surface area contributed by atoms with Crippen LogP contribution in [0.4, 0.5) is 9.80 Å². The summed E-state index contributed by atoms with van der Waals surface area (Å²) in [6.45, 7) is 3.18. The van der Waals surface area contributed by atoms with Crippen molar-refractivity contribution in [1.82, 2.24) is 10.2 Å². The lowest BCUT2D eigenvalue weighted by atomic mass is 9.82. The molecule has 1 spiro atoms. The van der Waals surface area contributed by atoms with Crippen LogP contribution in [0.3, 0.4) is 0 Å². The number of anilines is 1. The molecule has 1 fully saturated rings. The van der Waals surface area contributed by atoms with E-state index in [2.05, 4.69) is 16.7 Å². The van der Waals surface area contributed by atoms with Gasteiger partial charge in [0.2, 0.25) is 0 Å². The Morgan fingerprint density at radius 3 is 2.71 bits per heavy atom. The fourth-order valence-electron chi connectivity index (χ4n) is 4.77. The molecule has 8 nitrogen and oxygen atoms in total. The zero-order chi connectivity index (χ0) is 24.6. The average molecular weight is 489 g/mol. The van der Waals surface area contributed by atoms with E-state index in [1.807, 2.05) is 31.2 Å². The summed E-state index contributed by atoms with van der Waals surface area (Å²) >= 11 is 1.38. The summed E-state index contributed by atoms with van der Waals surface area (Å²) in [4.78, 5) is 40.5. The molecule has 9 heteroatoms. The Hall–Kier alpha value is -3.90. The molecule has 2 aromatic carbocycles. The van der Waals surface area contributed by atoms with Gasteiger partial charge in [0.15, 0.2) is 5.78 Å². The number of likely N-dealkylation sites (tertiary alicyclic amines) is 1. The van der Waals surface area contributed by atoms with Crippen LogP contribution in [0.1, 0.15) is 52.5 Å². The van der Waals surface area contributed by atoms with Crippen molar-refractivity contribution in [2.75, 3.05) is 25.0 Å². The lowest BCUT2D eigenvalue weighted by Gasteiger charge is -2.44. The number of Topliss-reactive ketones (excluding diaryl/α,β-unsaturated/α-hetero) is 1. The number of hydrogen-bond donors (Lipinski definition) is 2. The number of urea groups is 1. The molecule has 35 heavy (non-hydrogen) atoms. The van der Waals surface area contributed by atoms with Crippen LogP contribution in [0.25, 0.3) is 10.1 Å². The molecule has 3 aromatic rings. The Bertz CT molecular complexity index is 1380. The number of piperidine rings is 1. The van der Waals surface area contributed by atoms with Crippen LogP contribution in [0.2, 0.25) is 0 Å². The van der Waals surface area contributed by atoms with Crippen molar-refractivity contribution in [1.29, 1.82) is 5.26 Å². The van der Waals surface area contributed by atoms with E-state index in [1.165, 1.54) is 11.3 Å². The molecule has 0 saturated carbocycles. The maximum Gasteiger partial charge on any atom is 0.319 e. The van der Waals surface area contributed by atoms with Crippen molar-refractivity contribution < 1.29 is 19.1 Å². The molecule has 3 heterocycles. The molecule has 2 aliphatic rings. The Kier molecular flexibility index (Phi) is 5.91. The number of ether oxygens (including phenoxy) is 1. The van der Waals surface area contributed by atoms with Gasteiger partial charge in [-0.1, -0.05) is 18.2 Å². The highest BCUT2D eigenvalue weighted by Crippen LogP contribution is 2.41. The zero-order valence-electron chi connectivity index (χ0n) is 19.2. The van der Waals surface area contributed by atoms with Crippen molar-refractivity contribution in [3.63, 3.8) is 0 Å². The van der Waals surface area contributed by atoms with Gasteiger partial charge < -0.3 is 15.0 Å². The second-order valence-corrected chi connectivity index (χ2v) is 9.84. The van der Waals surface area contributed by atoms with Gasteiger partial charge in [-0.25, -0.2) is 4.79 Å². The maximum absolute atomic E-state index is 13.7. The third-order valence-corrected chi connectivity index (χ3v) is 7.64. The highest BCUT2D eigenvalue weighted by molar-refractivity contribution is 7.23. The van der Waals surface area contributed by atoms with Gasteiger partial charge in [0.05, 0.1) is 29.2 Å². The molecular weight excluding hydrogens is 464 g/mol. The molecule has 3 amide bonds. The lowest BCUT2D eigenvalue weighted by molar-refractivity contribution is -0.00563. The SMILES string of the molecule is CCNC(=O)Nc1sc2ccccc2c1C(=O)N1CCC2(CC1)CC(=O)c1cc(C#N)ccc1O2. The predicted octanol–water partition coefficient (Wildman–Crippen LogP) is 4.55. The Labute approximate surface area is 206 Å². The summed E-state index contributed by atoms with van der Waals surface area (Å²) in [5.74, 6) is 0.308. The highest BCUT2D eigenvalue weighted by atomic mass is 32.1. The van der Waals surface area contributed by atoms with Gasteiger partial charge in [-0.3, -0.25) is 14.9 Å². The van der Waals surface area contributed by atoms with E-state index in [1.54, 1.807) is 23.1 Å². The molecule has 0 atom stereocenters. The third kappa shape index (κ3) is 4.21. The van der Waals surface area contributed by atoms with E-state index < -0.39 is 5.60 Å². The van der Waals surface area contributed by atoms with E-state index in [-0.39, 0.29) is 24.1 Å². The number of nitrogens with zero attached hydrogens (tertiary/aromatic N) is 2. The minimum atomic E-state index is -0.659. The highest BCUT2D eigenvalue weighted by Gasteiger charge is 2.44. The second kappa shape index (κ2) is 9.04. The number of fused-ring (bicyclic) bond motifs is 2. The van der Waals surface area contributed by atoms with E-state index in [0.29, 0.717) is 59.9 Å². The lowest BCUT2D eigenvalue weighted by Crippen LogP contribution is -2.52. The van der Waals surface area contributed by atoms with Crippen molar-refractivity contribution in [3.8, 4) is 11.8 Å². The number of rotatable bonds is 3. The summed E-state index contributed by atoms with van der Waals surface area (Å²) in [6.07, 6.45) is 1.26. The molecule has 0 radical (unpaired) electrons. The normalized spacial score (nSPS) is 16.3. The van der Waals surface area contributed by atoms with Gasteiger partial charge in [0.1, 0.15) is 16.4 Å². The molecule has 0 aliphatic carbocycles. The summed E-state index contributed by atoms with van der Waals surface area (Å²) in [5, 5.41) is 16.0. The summed E-state index contributed by atoms with van der Waals surface area (Å²) < 4.78 is 7.21. The number of carbonyl (C=O) groups excluding carboxylic acids is 3. The van der Waals surface area contributed by atoms with E-state index in [4.69, 9.17) is 10.00 Å². The first-order valence-corrected chi connectivity index (χ1v) is 12.4. The van der Waals surface area contributed by atoms with Crippen LogP contribution in [-0.2, 0) is 0 Å². The zero-order valence-corrected chi connectivity index (χ0v) is 20.0. The third-order valence-electron chi connectivity index (χ3n) is 6.55. The second-order valence-electron chi connectivity index (χ2n) is 8.79.